The molecule has 1 heterocycles. The highest BCUT2D eigenvalue weighted by Crippen LogP contribution is 2.21. The molecule has 3 aromatic carbocycles. The monoisotopic (exact) mass is 358 g/mol. The first-order valence-electron chi connectivity index (χ1n) is 9.35. The zero-order valence-corrected chi connectivity index (χ0v) is 15.2. The number of amides is 2. The Kier molecular flexibility index (Phi) is 4.88. The van der Waals surface area contributed by atoms with Crippen molar-refractivity contribution in [2.75, 3.05) is 26.2 Å². The van der Waals surface area contributed by atoms with Gasteiger partial charge in [-0.15, -0.1) is 0 Å². The highest BCUT2D eigenvalue weighted by atomic mass is 16.2. The molecule has 0 N–H and O–H groups in total. The number of hydrogen-bond donors (Lipinski definition) is 0. The van der Waals surface area contributed by atoms with Gasteiger partial charge in [0.05, 0.1) is 0 Å². The topological polar surface area (TPSA) is 40.6 Å². The molecule has 1 saturated heterocycles. The molecule has 0 aliphatic carbocycles. The van der Waals surface area contributed by atoms with E-state index in [9.17, 15) is 9.59 Å². The fraction of sp³-hybridized carbons (Fsp3) is 0.217. The van der Waals surface area contributed by atoms with Crippen LogP contribution in [0.25, 0.3) is 10.8 Å². The maximum Gasteiger partial charge on any atom is 0.254 e. The average Bonchev–Trinajstić information content (AvgIpc) is 2.99. The number of carbonyl (C=O) groups is 2. The van der Waals surface area contributed by atoms with Crippen molar-refractivity contribution in [1.82, 2.24) is 9.80 Å². The van der Waals surface area contributed by atoms with Gasteiger partial charge in [0, 0.05) is 37.3 Å². The molecule has 1 aliphatic rings. The average molecular weight is 358 g/mol. The molecule has 3 aromatic rings. The van der Waals surface area contributed by atoms with Gasteiger partial charge in [-0.1, -0.05) is 54.6 Å². The highest BCUT2D eigenvalue weighted by molar-refractivity contribution is 6.07. The van der Waals surface area contributed by atoms with Gasteiger partial charge in [-0.2, -0.15) is 0 Å². The summed E-state index contributed by atoms with van der Waals surface area (Å²) >= 11 is 0. The Morgan fingerprint density at radius 3 is 2.04 bits per heavy atom. The van der Waals surface area contributed by atoms with Crippen LogP contribution in [0.4, 0.5) is 0 Å². The number of benzene rings is 3. The van der Waals surface area contributed by atoms with Gasteiger partial charge in [0.1, 0.15) is 0 Å². The molecular weight excluding hydrogens is 336 g/mol. The SMILES string of the molecule is O=C(c1ccccc1)N1CCCN(C(=O)c2cccc3ccccc23)CC1. The second kappa shape index (κ2) is 7.62. The van der Waals surface area contributed by atoms with Crippen molar-refractivity contribution in [3.63, 3.8) is 0 Å². The summed E-state index contributed by atoms with van der Waals surface area (Å²) in [5, 5.41) is 2.05. The minimum atomic E-state index is 0.0371. The lowest BCUT2D eigenvalue weighted by molar-refractivity contribution is 0.0719. The number of carbonyl (C=O) groups excluding carboxylic acids is 2. The van der Waals surface area contributed by atoms with E-state index in [-0.39, 0.29) is 11.8 Å². The first-order valence-corrected chi connectivity index (χ1v) is 9.35. The Hall–Kier alpha value is -3.14. The number of rotatable bonds is 2. The second-order valence-electron chi connectivity index (χ2n) is 6.83. The molecule has 27 heavy (non-hydrogen) atoms. The maximum atomic E-state index is 13.1. The predicted molar refractivity (Wildman–Crippen MR) is 107 cm³/mol. The van der Waals surface area contributed by atoms with Crippen LogP contribution in [-0.4, -0.2) is 47.8 Å². The van der Waals surface area contributed by atoms with E-state index in [0.717, 1.165) is 22.8 Å². The Bertz CT molecular complexity index is 963. The minimum absolute atomic E-state index is 0.0371. The molecule has 0 aromatic heterocycles. The fourth-order valence-corrected chi connectivity index (χ4v) is 3.67. The van der Waals surface area contributed by atoms with Crippen LogP contribution in [0.5, 0.6) is 0 Å². The van der Waals surface area contributed by atoms with Gasteiger partial charge in [0.25, 0.3) is 11.8 Å². The Balaban J connectivity index is 1.51. The zero-order chi connectivity index (χ0) is 18.6. The molecule has 2 amide bonds. The van der Waals surface area contributed by atoms with Gasteiger partial charge in [-0.05, 0) is 35.4 Å². The maximum absolute atomic E-state index is 13.1. The summed E-state index contributed by atoms with van der Waals surface area (Å²) in [6.45, 7) is 2.46. The molecule has 1 fully saturated rings. The fourth-order valence-electron chi connectivity index (χ4n) is 3.67. The van der Waals surface area contributed by atoms with E-state index in [0.29, 0.717) is 31.7 Å². The van der Waals surface area contributed by atoms with E-state index >= 15 is 0 Å². The molecule has 1 aliphatic heterocycles. The van der Waals surface area contributed by atoms with Crippen LogP contribution in [0.1, 0.15) is 27.1 Å². The van der Waals surface area contributed by atoms with Gasteiger partial charge in [-0.25, -0.2) is 0 Å². The molecule has 136 valence electrons. The summed E-state index contributed by atoms with van der Waals surface area (Å²) in [7, 11) is 0. The minimum Gasteiger partial charge on any atom is -0.337 e. The van der Waals surface area contributed by atoms with Crippen LogP contribution >= 0.6 is 0 Å². The van der Waals surface area contributed by atoms with Gasteiger partial charge in [0.15, 0.2) is 0 Å². The first kappa shape index (κ1) is 17.3. The molecule has 4 rings (SSSR count). The van der Waals surface area contributed by atoms with Crippen molar-refractivity contribution in [1.29, 1.82) is 0 Å². The van der Waals surface area contributed by atoms with Gasteiger partial charge >= 0.3 is 0 Å². The number of hydrogen-bond acceptors (Lipinski definition) is 2. The second-order valence-corrected chi connectivity index (χ2v) is 6.83. The normalized spacial score (nSPS) is 14.8. The summed E-state index contributed by atoms with van der Waals surface area (Å²) in [5.74, 6) is 0.0795. The summed E-state index contributed by atoms with van der Waals surface area (Å²) in [5.41, 5.74) is 1.43. The van der Waals surface area contributed by atoms with E-state index in [1.807, 2.05) is 82.6 Å². The number of fused-ring (bicyclic) bond motifs is 1. The lowest BCUT2D eigenvalue weighted by Crippen LogP contribution is -2.37. The summed E-state index contributed by atoms with van der Waals surface area (Å²) in [6, 6.07) is 23.1. The quantitative estimate of drug-likeness (QED) is 0.699. The van der Waals surface area contributed by atoms with Crippen molar-refractivity contribution >= 4 is 22.6 Å². The molecular formula is C23H22N2O2. The Morgan fingerprint density at radius 1 is 0.630 bits per heavy atom. The van der Waals surface area contributed by atoms with Gasteiger partial charge < -0.3 is 9.80 Å². The van der Waals surface area contributed by atoms with Crippen molar-refractivity contribution in [2.45, 2.75) is 6.42 Å². The lowest BCUT2D eigenvalue weighted by Gasteiger charge is -2.23. The molecule has 0 radical (unpaired) electrons. The predicted octanol–water partition coefficient (Wildman–Crippen LogP) is 3.83. The van der Waals surface area contributed by atoms with E-state index in [4.69, 9.17) is 0 Å². The Labute approximate surface area is 159 Å². The Morgan fingerprint density at radius 2 is 1.26 bits per heavy atom. The third-order valence-corrected chi connectivity index (χ3v) is 5.11. The summed E-state index contributed by atoms with van der Waals surface area (Å²) in [6.07, 6.45) is 0.787. The molecule has 0 spiro atoms. The van der Waals surface area contributed by atoms with Crippen LogP contribution in [0.15, 0.2) is 72.8 Å². The smallest absolute Gasteiger partial charge is 0.254 e. The summed E-state index contributed by atoms with van der Waals surface area (Å²) in [4.78, 5) is 29.6. The molecule has 4 heteroatoms. The first-order chi connectivity index (χ1) is 13.2. The lowest BCUT2D eigenvalue weighted by atomic mass is 10.0. The van der Waals surface area contributed by atoms with Crippen LogP contribution < -0.4 is 0 Å². The molecule has 0 bridgehead atoms. The van der Waals surface area contributed by atoms with Crippen molar-refractivity contribution in [3.8, 4) is 0 Å². The van der Waals surface area contributed by atoms with Crippen LogP contribution in [-0.2, 0) is 0 Å². The van der Waals surface area contributed by atoms with Crippen LogP contribution in [0.2, 0.25) is 0 Å². The third-order valence-electron chi connectivity index (χ3n) is 5.11. The van der Waals surface area contributed by atoms with E-state index in [2.05, 4.69) is 0 Å². The number of nitrogens with zero attached hydrogens (tertiary/aromatic N) is 2. The summed E-state index contributed by atoms with van der Waals surface area (Å²) < 4.78 is 0. The third kappa shape index (κ3) is 3.56. The largest absolute Gasteiger partial charge is 0.337 e. The standard InChI is InChI=1S/C23H22N2O2/c26-22(19-9-2-1-3-10-19)24-14-7-15-25(17-16-24)23(27)21-13-6-11-18-8-4-5-12-20(18)21/h1-6,8-13H,7,14-17H2. The van der Waals surface area contributed by atoms with E-state index in [1.165, 1.54) is 0 Å². The van der Waals surface area contributed by atoms with Crippen molar-refractivity contribution in [3.05, 3.63) is 83.9 Å². The van der Waals surface area contributed by atoms with Crippen molar-refractivity contribution < 1.29 is 9.59 Å². The van der Waals surface area contributed by atoms with Gasteiger partial charge in [-0.3, -0.25) is 9.59 Å². The molecule has 4 nitrogen and oxygen atoms in total. The molecule has 0 saturated carbocycles. The zero-order valence-electron chi connectivity index (χ0n) is 15.2. The van der Waals surface area contributed by atoms with Gasteiger partial charge in [0.2, 0.25) is 0 Å². The van der Waals surface area contributed by atoms with Crippen LogP contribution in [0, 0.1) is 0 Å². The highest BCUT2D eigenvalue weighted by Gasteiger charge is 2.24. The molecule has 0 unspecified atom stereocenters. The molecule has 0 atom stereocenters. The van der Waals surface area contributed by atoms with Crippen LogP contribution in [0.3, 0.4) is 0 Å². The van der Waals surface area contributed by atoms with E-state index < -0.39 is 0 Å². The van der Waals surface area contributed by atoms with Crippen molar-refractivity contribution in [2.24, 2.45) is 0 Å². The van der Waals surface area contributed by atoms with E-state index in [1.54, 1.807) is 0 Å².